The Bertz CT molecular complexity index is 1190. The van der Waals surface area contributed by atoms with Gasteiger partial charge in [0.15, 0.2) is 0 Å². The molecule has 0 fully saturated rings. The number of pyridine rings is 1. The SMILES string of the molecule is Cc1ccc2c(c1)c1c(n2CCc2ccc(C)nc2)CC[N+](C)(COC(=O)N(C(C)C)C(C)C)C1.[I-]. The van der Waals surface area contributed by atoms with Crippen LogP contribution in [-0.4, -0.2) is 57.4 Å². The van der Waals surface area contributed by atoms with Crippen LogP contribution in [0.1, 0.15) is 55.8 Å². The number of amides is 1. The molecule has 1 aromatic carbocycles. The first kappa shape index (κ1) is 28.4. The largest absolute Gasteiger partial charge is 1.00 e. The second-order valence-electron chi connectivity index (χ2n) is 11.0. The first-order chi connectivity index (χ1) is 16.6. The molecule has 0 saturated carbocycles. The number of carbonyl (C=O) groups excluding carboxylic acids is 1. The Morgan fingerprint density at radius 1 is 1.14 bits per heavy atom. The molecule has 0 spiro atoms. The van der Waals surface area contributed by atoms with Gasteiger partial charge in [-0.25, -0.2) is 4.79 Å². The number of fused-ring (bicyclic) bond motifs is 3. The van der Waals surface area contributed by atoms with Crippen LogP contribution in [0.25, 0.3) is 10.9 Å². The number of halogens is 1. The maximum absolute atomic E-state index is 12.8. The smallest absolute Gasteiger partial charge is 0.414 e. The number of hydrogen-bond acceptors (Lipinski definition) is 3. The van der Waals surface area contributed by atoms with Crippen LogP contribution in [0.4, 0.5) is 4.79 Å². The summed E-state index contributed by atoms with van der Waals surface area (Å²) in [6.45, 7) is 15.5. The minimum atomic E-state index is -0.217. The third kappa shape index (κ3) is 6.05. The fraction of sp³-hybridized carbons (Fsp3) is 0.517. The van der Waals surface area contributed by atoms with Gasteiger partial charge in [0, 0.05) is 59.1 Å². The molecule has 0 radical (unpaired) electrons. The third-order valence-electron chi connectivity index (χ3n) is 7.29. The Labute approximate surface area is 233 Å². The minimum absolute atomic E-state index is 0. The van der Waals surface area contributed by atoms with E-state index in [0.29, 0.717) is 11.2 Å². The highest BCUT2D eigenvalue weighted by molar-refractivity contribution is 5.86. The fourth-order valence-corrected chi connectivity index (χ4v) is 5.45. The summed E-state index contributed by atoms with van der Waals surface area (Å²) in [5.41, 5.74) is 7.73. The van der Waals surface area contributed by atoms with Gasteiger partial charge in [-0.1, -0.05) is 17.7 Å². The predicted molar refractivity (Wildman–Crippen MR) is 141 cm³/mol. The zero-order valence-corrected chi connectivity index (χ0v) is 25.0. The van der Waals surface area contributed by atoms with E-state index in [4.69, 9.17) is 4.74 Å². The number of ether oxygens (including phenoxy) is 1. The Balaban J connectivity index is 0.00000361. The van der Waals surface area contributed by atoms with Crippen LogP contribution in [0, 0.1) is 13.8 Å². The van der Waals surface area contributed by atoms with Crippen molar-refractivity contribution in [1.82, 2.24) is 14.5 Å². The number of likely N-dealkylation sites (N-methyl/N-ethyl adjacent to an activating group) is 1. The molecular formula is C29H41IN4O2. The van der Waals surface area contributed by atoms with E-state index in [1.807, 2.05) is 45.7 Å². The second kappa shape index (κ2) is 11.5. The maximum Gasteiger partial charge on any atom is 0.414 e. The quantitative estimate of drug-likeness (QED) is 0.308. The second-order valence-corrected chi connectivity index (χ2v) is 11.0. The standard InChI is InChI=1S/C29H41N4O2.HI/c1-20(2)32(21(3)4)29(34)35-19-33(7)15-13-28-26(18-33)25-16-22(5)8-11-27(25)31(28)14-12-24-10-9-23(6)30-17-24;/h8-11,16-17,20-21H,12-15,18-19H2,1-7H3;1H/q+1;/p-1. The molecule has 7 heteroatoms. The molecule has 0 saturated heterocycles. The van der Waals surface area contributed by atoms with E-state index < -0.39 is 0 Å². The average molecular weight is 605 g/mol. The summed E-state index contributed by atoms with van der Waals surface area (Å²) in [6, 6.07) is 11.3. The Hall–Kier alpha value is -2.13. The molecule has 1 amide bonds. The molecule has 0 bridgehead atoms. The van der Waals surface area contributed by atoms with E-state index in [0.717, 1.165) is 38.2 Å². The number of nitrogens with zero attached hydrogens (tertiary/aromatic N) is 4. The van der Waals surface area contributed by atoms with Crippen LogP contribution in [-0.2, 0) is 30.7 Å². The summed E-state index contributed by atoms with van der Waals surface area (Å²) in [5.74, 6) is 0. The van der Waals surface area contributed by atoms with E-state index in [1.54, 1.807) is 0 Å². The molecule has 1 unspecified atom stereocenters. The number of hydrogen-bond donors (Lipinski definition) is 0. The van der Waals surface area contributed by atoms with Crippen LogP contribution in [0.2, 0.25) is 0 Å². The zero-order chi connectivity index (χ0) is 25.3. The lowest BCUT2D eigenvalue weighted by atomic mass is 10.0. The van der Waals surface area contributed by atoms with Gasteiger partial charge >= 0.3 is 6.09 Å². The maximum atomic E-state index is 12.8. The van der Waals surface area contributed by atoms with Gasteiger partial charge in [-0.05, 0) is 71.7 Å². The molecular weight excluding hydrogens is 563 g/mol. The molecule has 196 valence electrons. The number of carbonyl (C=O) groups is 1. The number of quaternary nitrogens is 1. The summed E-state index contributed by atoms with van der Waals surface area (Å²) in [6.07, 6.45) is 3.71. The van der Waals surface area contributed by atoms with E-state index in [2.05, 4.69) is 53.9 Å². The highest BCUT2D eigenvalue weighted by Gasteiger charge is 2.35. The summed E-state index contributed by atoms with van der Waals surface area (Å²) in [7, 11) is 2.21. The van der Waals surface area contributed by atoms with E-state index >= 15 is 0 Å². The normalized spacial score (nSPS) is 17.2. The Kier molecular flexibility index (Phi) is 9.09. The molecule has 3 heterocycles. The summed E-state index contributed by atoms with van der Waals surface area (Å²) in [4.78, 5) is 19.1. The summed E-state index contributed by atoms with van der Waals surface area (Å²) in [5, 5.41) is 1.34. The van der Waals surface area contributed by atoms with Crippen molar-refractivity contribution in [2.75, 3.05) is 20.3 Å². The van der Waals surface area contributed by atoms with E-state index in [1.165, 1.54) is 33.3 Å². The first-order valence-corrected chi connectivity index (χ1v) is 12.9. The van der Waals surface area contributed by atoms with E-state index in [-0.39, 0.29) is 42.2 Å². The van der Waals surface area contributed by atoms with Crippen molar-refractivity contribution in [2.45, 2.75) is 79.6 Å². The van der Waals surface area contributed by atoms with Gasteiger partial charge in [-0.3, -0.25) is 9.47 Å². The summed E-state index contributed by atoms with van der Waals surface area (Å²) >= 11 is 0. The fourth-order valence-electron chi connectivity index (χ4n) is 5.45. The first-order valence-electron chi connectivity index (χ1n) is 12.9. The van der Waals surface area contributed by atoms with Gasteiger partial charge in [0.25, 0.3) is 0 Å². The molecule has 36 heavy (non-hydrogen) atoms. The molecule has 6 nitrogen and oxygen atoms in total. The van der Waals surface area contributed by atoms with Crippen molar-refractivity contribution in [2.24, 2.45) is 0 Å². The minimum Gasteiger partial charge on any atom is -1.00 e. The lowest BCUT2D eigenvalue weighted by Crippen LogP contribution is -3.00. The third-order valence-corrected chi connectivity index (χ3v) is 7.29. The van der Waals surface area contributed by atoms with Crippen LogP contribution in [0.15, 0.2) is 36.5 Å². The lowest BCUT2D eigenvalue weighted by molar-refractivity contribution is -0.940. The Morgan fingerprint density at radius 3 is 2.50 bits per heavy atom. The van der Waals surface area contributed by atoms with Gasteiger partial charge < -0.3 is 38.2 Å². The van der Waals surface area contributed by atoms with Crippen LogP contribution in [0.3, 0.4) is 0 Å². The number of aromatic nitrogens is 2. The topological polar surface area (TPSA) is 47.4 Å². The molecule has 4 rings (SSSR count). The van der Waals surface area contributed by atoms with Crippen LogP contribution < -0.4 is 24.0 Å². The van der Waals surface area contributed by atoms with Gasteiger partial charge in [-0.2, -0.15) is 0 Å². The molecule has 1 atom stereocenters. The highest BCUT2D eigenvalue weighted by atomic mass is 127. The number of benzene rings is 1. The van der Waals surface area contributed by atoms with Gasteiger partial charge in [0.1, 0.15) is 6.54 Å². The van der Waals surface area contributed by atoms with E-state index in [9.17, 15) is 4.79 Å². The zero-order valence-electron chi connectivity index (χ0n) is 22.8. The number of rotatable bonds is 7. The van der Waals surface area contributed by atoms with Crippen molar-refractivity contribution in [3.63, 3.8) is 0 Å². The van der Waals surface area contributed by atoms with Crippen molar-refractivity contribution >= 4 is 17.0 Å². The van der Waals surface area contributed by atoms with Crippen molar-refractivity contribution < 1.29 is 38.0 Å². The average Bonchev–Trinajstić information content (AvgIpc) is 3.08. The number of aryl methyl sites for hydroxylation is 4. The lowest BCUT2D eigenvalue weighted by Gasteiger charge is -2.38. The van der Waals surface area contributed by atoms with Crippen LogP contribution in [0.5, 0.6) is 0 Å². The molecule has 3 aromatic rings. The van der Waals surface area contributed by atoms with Crippen molar-refractivity contribution in [1.29, 1.82) is 0 Å². The predicted octanol–water partition coefficient (Wildman–Crippen LogP) is 2.62. The summed E-state index contributed by atoms with van der Waals surface area (Å²) < 4.78 is 9.11. The molecule has 1 aliphatic rings. The van der Waals surface area contributed by atoms with Gasteiger partial charge in [-0.15, -0.1) is 0 Å². The van der Waals surface area contributed by atoms with Crippen molar-refractivity contribution in [3.8, 4) is 0 Å². The van der Waals surface area contributed by atoms with Gasteiger partial charge in [0.05, 0.1) is 13.6 Å². The molecule has 0 aliphatic carbocycles. The van der Waals surface area contributed by atoms with Crippen molar-refractivity contribution in [3.05, 3.63) is 64.6 Å². The Morgan fingerprint density at radius 2 is 1.86 bits per heavy atom. The monoisotopic (exact) mass is 604 g/mol. The van der Waals surface area contributed by atoms with Crippen LogP contribution >= 0.6 is 0 Å². The molecule has 0 N–H and O–H groups in total. The van der Waals surface area contributed by atoms with Gasteiger partial charge in [0.2, 0.25) is 6.73 Å². The highest BCUT2D eigenvalue weighted by Crippen LogP contribution is 2.34. The molecule has 1 aliphatic heterocycles. The molecule has 2 aromatic heterocycles.